The molecule has 1 rings (SSSR count). The molecule has 0 spiro atoms. The number of aryl methyl sites for hydroxylation is 2. The van der Waals surface area contributed by atoms with Crippen molar-refractivity contribution >= 4 is 5.57 Å². The van der Waals surface area contributed by atoms with Gasteiger partial charge in [0.25, 0.3) is 0 Å². The summed E-state index contributed by atoms with van der Waals surface area (Å²) in [7, 11) is 2.03. The summed E-state index contributed by atoms with van der Waals surface area (Å²) in [6.07, 6.45) is 16.5. The zero-order valence-electron chi connectivity index (χ0n) is 9.62. The number of nitrogens with zero attached hydrogens (tertiary/aromatic N) is 1. The monoisotopic (exact) mass is 199 g/mol. The summed E-state index contributed by atoms with van der Waals surface area (Å²) in [6.45, 7) is 4.13. The number of allylic oxidation sites excluding steroid dienone is 4. The second kappa shape index (κ2) is 5.26. The Hall–Kier alpha value is -1.68. The third kappa shape index (κ3) is 2.89. The van der Waals surface area contributed by atoms with Gasteiger partial charge in [0.2, 0.25) is 0 Å². The number of hydrogen-bond acceptors (Lipinski definition) is 0. The molecule has 0 aliphatic rings. The molecule has 0 atom stereocenters. The summed E-state index contributed by atoms with van der Waals surface area (Å²) >= 11 is 0. The van der Waals surface area contributed by atoms with Crippen LogP contribution in [0.15, 0.2) is 30.6 Å². The van der Waals surface area contributed by atoms with Gasteiger partial charge >= 0.3 is 0 Å². The van der Waals surface area contributed by atoms with Gasteiger partial charge in [-0.3, -0.25) is 0 Å². The Morgan fingerprint density at radius 3 is 2.73 bits per heavy atom. The Morgan fingerprint density at radius 2 is 2.27 bits per heavy atom. The minimum Gasteiger partial charge on any atom is -0.356 e. The molecule has 0 aliphatic heterocycles. The van der Waals surface area contributed by atoms with Crippen molar-refractivity contribution in [2.45, 2.75) is 20.3 Å². The van der Waals surface area contributed by atoms with Gasteiger partial charge in [-0.05, 0) is 43.0 Å². The van der Waals surface area contributed by atoms with Crippen molar-refractivity contribution in [3.63, 3.8) is 0 Å². The first kappa shape index (κ1) is 11.4. The van der Waals surface area contributed by atoms with E-state index in [2.05, 4.69) is 35.9 Å². The summed E-state index contributed by atoms with van der Waals surface area (Å²) in [4.78, 5) is 0. The third-order valence-electron chi connectivity index (χ3n) is 2.33. The molecular weight excluding hydrogens is 182 g/mol. The van der Waals surface area contributed by atoms with E-state index in [9.17, 15) is 0 Å². The van der Waals surface area contributed by atoms with E-state index >= 15 is 0 Å². The second-order valence-corrected chi connectivity index (χ2v) is 3.63. The summed E-state index contributed by atoms with van der Waals surface area (Å²) in [5.41, 5.74) is 3.71. The van der Waals surface area contributed by atoms with Gasteiger partial charge in [-0.2, -0.15) is 0 Å². The minimum absolute atomic E-state index is 0.894. The van der Waals surface area contributed by atoms with E-state index in [1.54, 1.807) is 0 Å². The van der Waals surface area contributed by atoms with Gasteiger partial charge < -0.3 is 4.57 Å². The largest absolute Gasteiger partial charge is 0.356 e. The molecule has 0 unspecified atom stereocenters. The first-order valence-corrected chi connectivity index (χ1v) is 5.08. The lowest BCUT2D eigenvalue weighted by atomic mass is 10.0. The van der Waals surface area contributed by atoms with Gasteiger partial charge in [0.1, 0.15) is 0 Å². The number of terminal acetylenes is 1. The molecule has 0 bridgehead atoms. The Kier molecular flexibility index (Phi) is 4.00. The quantitative estimate of drug-likeness (QED) is 0.520. The standard InChI is InChI=1S/C14H17N/c1-5-7-9-13(8-6-2)14-11-15(4)10-12(14)3/h2,5,7-8,10-11H,9H2,1,3-4H3/b7-5-,13-8+. The Labute approximate surface area is 92.1 Å². The SMILES string of the molecule is C#C/C=C(\C/C=C\C)c1cn(C)cc1C. The molecule has 0 N–H and O–H groups in total. The summed E-state index contributed by atoms with van der Waals surface area (Å²) in [5.74, 6) is 2.61. The highest BCUT2D eigenvalue weighted by Gasteiger charge is 2.05. The van der Waals surface area contributed by atoms with E-state index < -0.39 is 0 Å². The maximum Gasteiger partial charge on any atom is 0.0110 e. The summed E-state index contributed by atoms with van der Waals surface area (Å²) in [5, 5.41) is 0. The van der Waals surface area contributed by atoms with Crippen LogP contribution < -0.4 is 0 Å². The van der Waals surface area contributed by atoms with Crippen molar-refractivity contribution in [3.8, 4) is 12.3 Å². The highest BCUT2D eigenvalue weighted by atomic mass is 14.9. The predicted molar refractivity (Wildman–Crippen MR) is 66.4 cm³/mol. The zero-order valence-corrected chi connectivity index (χ0v) is 9.62. The molecule has 0 fully saturated rings. The van der Waals surface area contributed by atoms with Gasteiger partial charge in [0, 0.05) is 19.4 Å². The number of hydrogen-bond donors (Lipinski definition) is 0. The molecule has 1 heteroatoms. The smallest absolute Gasteiger partial charge is 0.0110 e. The van der Waals surface area contributed by atoms with Gasteiger partial charge in [0.05, 0.1) is 0 Å². The van der Waals surface area contributed by atoms with E-state index in [1.807, 2.05) is 26.1 Å². The van der Waals surface area contributed by atoms with Crippen molar-refractivity contribution in [1.29, 1.82) is 0 Å². The molecule has 1 aromatic heterocycles. The van der Waals surface area contributed by atoms with Crippen molar-refractivity contribution in [1.82, 2.24) is 4.57 Å². The topological polar surface area (TPSA) is 4.93 Å². The third-order valence-corrected chi connectivity index (χ3v) is 2.33. The van der Waals surface area contributed by atoms with Crippen molar-refractivity contribution in [3.05, 3.63) is 41.7 Å². The van der Waals surface area contributed by atoms with Crippen LogP contribution in [0.3, 0.4) is 0 Å². The molecule has 15 heavy (non-hydrogen) atoms. The summed E-state index contributed by atoms with van der Waals surface area (Å²) in [6, 6.07) is 0. The van der Waals surface area contributed by atoms with Crippen molar-refractivity contribution in [2.24, 2.45) is 7.05 Å². The van der Waals surface area contributed by atoms with Crippen LogP contribution in [-0.2, 0) is 7.05 Å². The Bertz CT molecular complexity index is 425. The Morgan fingerprint density at radius 1 is 1.53 bits per heavy atom. The van der Waals surface area contributed by atoms with E-state index in [1.165, 1.54) is 16.7 Å². The number of rotatable bonds is 3. The summed E-state index contributed by atoms with van der Waals surface area (Å²) < 4.78 is 2.06. The average Bonchev–Trinajstić information content (AvgIpc) is 2.52. The fraction of sp³-hybridized carbons (Fsp3) is 0.286. The molecule has 1 aromatic rings. The normalized spacial score (nSPS) is 12.0. The highest BCUT2D eigenvalue weighted by molar-refractivity contribution is 5.71. The van der Waals surface area contributed by atoms with Crippen molar-refractivity contribution < 1.29 is 0 Å². The van der Waals surface area contributed by atoms with E-state index in [0.29, 0.717) is 0 Å². The first-order chi connectivity index (χ1) is 7.19. The average molecular weight is 199 g/mol. The molecule has 1 heterocycles. The predicted octanol–water partition coefficient (Wildman–Crippen LogP) is 3.32. The lowest BCUT2D eigenvalue weighted by molar-refractivity contribution is 0.923. The fourth-order valence-corrected chi connectivity index (χ4v) is 1.65. The highest BCUT2D eigenvalue weighted by Crippen LogP contribution is 2.22. The van der Waals surface area contributed by atoms with E-state index in [0.717, 1.165) is 6.42 Å². The lowest BCUT2D eigenvalue weighted by Gasteiger charge is -2.02. The minimum atomic E-state index is 0.894. The van der Waals surface area contributed by atoms with Crippen LogP contribution in [-0.4, -0.2) is 4.57 Å². The molecular formula is C14H17N. The van der Waals surface area contributed by atoms with Gasteiger partial charge in [-0.1, -0.05) is 18.1 Å². The Balaban J connectivity index is 3.05. The fourth-order valence-electron chi connectivity index (χ4n) is 1.65. The number of aromatic nitrogens is 1. The van der Waals surface area contributed by atoms with E-state index in [4.69, 9.17) is 6.42 Å². The van der Waals surface area contributed by atoms with E-state index in [-0.39, 0.29) is 0 Å². The second-order valence-electron chi connectivity index (χ2n) is 3.63. The maximum absolute atomic E-state index is 5.34. The molecule has 0 saturated heterocycles. The van der Waals surface area contributed by atoms with Crippen LogP contribution in [0, 0.1) is 19.3 Å². The van der Waals surface area contributed by atoms with Crippen LogP contribution >= 0.6 is 0 Å². The van der Waals surface area contributed by atoms with Gasteiger partial charge in [-0.25, -0.2) is 0 Å². The maximum atomic E-state index is 5.34. The molecule has 0 aromatic carbocycles. The first-order valence-electron chi connectivity index (χ1n) is 5.08. The van der Waals surface area contributed by atoms with Crippen LogP contribution in [0.4, 0.5) is 0 Å². The molecule has 0 aliphatic carbocycles. The molecule has 78 valence electrons. The van der Waals surface area contributed by atoms with Crippen LogP contribution in [0.25, 0.3) is 5.57 Å². The van der Waals surface area contributed by atoms with Crippen LogP contribution in [0.5, 0.6) is 0 Å². The van der Waals surface area contributed by atoms with Gasteiger partial charge in [-0.15, -0.1) is 6.42 Å². The van der Waals surface area contributed by atoms with Crippen molar-refractivity contribution in [2.75, 3.05) is 0 Å². The van der Waals surface area contributed by atoms with Crippen LogP contribution in [0.2, 0.25) is 0 Å². The lowest BCUT2D eigenvalue weighted by Crippen LogP contribution is -1.83. The zero-order chi connectivity index (χ0) is 11.3. The molecule has 0 amide bonds. The van der Waals surface area contributed by atoms with Gasteiger partial charge in [0.15, 0.2) is 0 Å². The van der Waals surface area contributed by atoms with Crippen LogP contribution in [0.1, 0.15) is 24.5 Å². The molecule has 0 radical (unpaired) electrons. The molecule has 1 nitrogen and oxygen atoms in total. The molecule has 0 saturated carbocycles.